The van der Waals surface area contributed by atoms with Crippen LogP contribution in [0, 0.1) is 16.7 Å². The summed E-state index contributed by atoms with van der Waals surface area (Å²) < 4.78 is 0. The van der Waals surface area contributed by atoms with Crippen LogP contribution in [0.3, 0.4) is 0 Å². The van der Waals surface area contributed by atoms with E-state index in [1.54, 1.807) is 12.1 Å². The Morgan fingerprint density at radius 2 is 2.71 bits per heavy atom. The van der Waals surface area contributed by atoms with Gasteiger partial charge < -0.3 is 0 Å². The van der Waals surface area contributed by atoms with Gasteiger partial charge in [0.1, 0.15) is 10.9 Å². The van der Waals surface area contributed by atoms with Crippen molar-refractivity contribution in [1.29, 1.82) is 5.26 Å². The molecule has 1 heterocycles. The fourth-order valence-corrected chi connectivity index (χ4v) is 0.746. The van der Waals surface area contributed by atoms with Gasteiger partial charge in [-0.1, -0.05) is 0 Å². The minimum Gasteiger partial charge on any atom is -0.192 e. The van der Waals surface area contributed by atoms with Crippen LogP contribution in [-0.4, -0.2) is 0 Å². The second kappa shape index (κ2) is 1.76. The predicted octanol–water partition coefficient (Wildman–Crippen LogP) is 1.42. The van der Waals surface area contributed by atoms with Crippen LogP contribution in [0.25, 0.3) is 0 Å². The molecule has 1 radical (unpaired) electrons. The number of hydrogen-bond donors (Lipinski definition) is 0. The van der Waals surface area contributed by atoms with Crippen LogP contribution in [0.5, 0.6) is 0 Å². The first-order chi connectivity index (χ1) is 3.43. The van der Waals surface area contributed by atoms with Gasteiger partial charge in [0.15, 0.2) is 0 Å². The highest BCUT2D eigenvalue weighted by Crippen LogP contribution is 2.03. The molecule has 2 heteroatoms. The molecule has 33 valence electrons. The fraction of sp³-hybridized carbons (Fsp3) is 0. The highest BCUT2D eigenvalue weighted by molar-refractivity contribution is 7.09. The molecule has 7 heavy (non-hydrogen) atoms. The summed E-state index contributed by atoms with van der Waals surface area (Å²) in [4.78, 5) is 0.722. The number of nitriles is 1. The lowest BCUT2D eigenvalue weighted by Crippen LogP contribution is -1.50. The van der Waals surface area contributed by atoms with E-state index in [-0.39, 0.29) is 0 Å². The maximum absolute atomic E-state index is 8.17. The smallest absolute Gasteiger partial charge is 0.110 e. The van der Waals surface area contributed by atoms with Crippen LogP contribution in [0.4, 0.5) is 0 Å². The molecule has 0 saturated carbocycles. The van der Waals surface area contributed by atoms with E-state index >= 15 is 0 Å². The SMILES string of the molecule is N#Cc1cc[c]s1. The summed E-state index contributed by atoms with van der Waals surface area (Å²) in [6.45, 7) is 0. The lowest BCUT2D eigenvalue weighted by molar-refractivity contribution is 1.52. The molecule has 1 aromatic rings. The maximum atomic E-state index is 8.17. The van der Waals surface area contributed by atoms with Gasteiger partial charge in [0.2, 0.25) is 0 Å². The predicted molar refractivity (Wildman–Crippen MR) is 27.9 cm³/mol. The van der Waals surface area contributed by atoms with Gasteiger partial charge in [0, 0.05) is 5.38 Å². The molecular weight excluding hydrogens is 106 g/mol. The molecule has 0 aromatic carbocycles. The topological polar surface area (TPSA) is 23.8 Å². The molecule has 0 N–H and O–H groups in total. The minimum atomic E-state index is 0.722. The van der Waals surface area contributed by atoms with Gasteiger partial charge in [-0.15, -0.1) is 11.3 Å². The summed E-state index contributed by atoms with van der Waals surface area (Å²) in [7, 11) is 0. The lowest BCUT2D eigenvalue weighted by Gasteiger charge is -1.62. The van der Waals surface area contributed by atoms with E-state index in [0.29, 0.717) is 0 Å². The van der Waals surface area contributed by atoms with Crippen molar-refractivity contribution < 1.29 is 0 Å². The number of hydrogen-bond acceptors (Lipinski definition) is 2. The molecule has 1 nitrogen and oxygen atoms in total. The molecule has 0 aliphatic rings. The van der Waals surface area contributed by atoms with E-state index in [0.717, 1.165) is 4.88 Å². The first-order valence-electron chi connectivity index (χ1n) is 1.79. The highest BCUT2D eigenvalue weighted by Gasteiger charge is 1.83. The molecule has 0 amide bonds. The van der Waals surface area contributed by atoms with Crippen molar-refractivity contribution in [3.05, 3.63) is 22.4 Å². The molecule has 0 fully saturated rings. The second-order valence-corrected chi connectivity index (χ2v) is 1.91. The lowest BCUT2D eigenvalue weighted by atomic mass is 10.5. The van der Waals surface area contributed by atoms with E-state index in [4.69, 9.17) is 5.26 Å². The Balaban J connectivity index is 3.04. The van der Waals surface area contributed by atoms with E-state index < -0.39 is 0 Å². The molecule has 0 aliphatic heterocycles. The van der Waals surface area contributed by atoms with Crippen molar-refractivity contribution >= 4 is 11.3 Å². The molecule has 0 atom stereocenters. The van der Waals surface area contributed by atoms with Crippen LogP contribution < -0.4 is 0 Å². The van der Waals surface area contributed by atoms with Gasteiger partial charge in [0.05, 0.1) is 0 Å². The Bertz CT molecular complexity index is 170. The van der Waals surface area contributed by atoms with E-state index in [1.807, 2.05) is 6.07 Å². The molecule has 0 bridgehead atoms. The Morgan fingerprint density at radius 3 is 3.00 bits per heavy atom. The Labute approximate surface area is 45.8 Å². The van der Waals surface area contributed by atoms with Crippen LogP contribution in [0.15, 0.2) is 12.1 Å². The zero-order chi connectivity index (χ0) is 5.11. The van der Waals surface area contributed by atoms with Crippen molar-refractivity contribution in [1.82, 2.24) is 0 Å². The molecule has 0 saturated heterocycles. The zero-order valence-electron chi connectivity index (χ0n) is 3.51. The largest absolute Gasteiger partial charge is 0.192 e. The first kappa shape index (κ1) is 4.35. The molecule has 1 rings (SSSR count). The van der Waals surface area contributed by atoms with Gasteiger partial charge in [-0.25, -0.2) is 0 Å². The third-order valence-electron chi connectivity index (χ3n) is 0.582. The minimum absolute atomic E-state index is 0.722. The highest BCUT2D eigenvalue weighted by atomic mass is 32.1. The summed E-state index contributed by atoms with van der Waals surface area (Å²) in [5.41, 5.74) is 0. The van der Waals surface area contributed by atoms with Crippen LogP contribution in [0.1, 0.15) is 4.88 Å². The Hall–Kier alpha value is -0.810. The number of nitrogens with zero attached hydrogens (tertiary/aromatic N) is 1. The van der Waals surface area contributed by atoms with Gasteiger partial charge in [-0.2, -0.15) is 5.26 Å². The fourth-order valence-electron chi connectivity index (χ4n) is 0.301. The summed E-state index contributed by atoms with van der Waals surface area (Å²) >= 11 is 1.34. The van der Waals surface area contributed by atoms with E-state index in [1.165, 1.54) is 11.3 Å². The van der Waals surface area contributed by atoms with Gasteiger partial charge >= 0.3 is 0 Å². The normalized spacial score (nSPS) is 7.86. The van der Waals surface area contributed by atoms with Gasteiger partial charge in [0.25, 0.3) is 0 Å². The van der Waals surface area contributed by atoms with Crippen molar-refractivity contribution in [3.8, 4) is 6.07 Å². The Kier molecular flexibility index (Phi) is 1.10. The van der Waals surface area contributed by atoms with Crippen LogP contribution >= 0.6 is 11.3 Å². The first-order valence-corrected chi connectivity index (χ1v) is 2.61. The third kappa shape index (κ3) is 0.787. The summed E-state index contributed by atoms with van der Waals surface area (Å²) in [5, 5.41) is 11.0. The molecule has 0 spiro atoms. The second-order valence-electron chi connectivity index (χ2n) is 1.03. The molecule has 0 aliphatic carbocycles. The van der Waals surface area contributed by atoms with Crippen molar-refractivity contribution in [2.24, 2.45) is 0 Å². The van der Waals surface area contributed by atoms with Gasteiger partial charge in [-0.05, 0) is 12.1 Å². The monoisotopic (exact) mass is 108 g/mol. The van der Waals surface area contributed by atoms with Crippen molar-refractivity contribution in [3.63, 3.8) is 0 Å². The average Bonchev–Trinajstić information content (AvgIpc) is 2.14. The molecule has 1 aromatic heterocycles. The zero-order valence-corrected chi connectivity index (χ0v) is 4.33. The number of thiophene rings is 1. The van der Waals surface area contributed by atoms with Crippen LogP contribution in [0.2, 0.25) is 0 Å². The van der Waals surface area contributed by atoms with Gasteiger partial charge in [-0.3, -0.25) is 0 Å². The van der Waals surface area contributed by atoms with E-state index in [9.17, 15) is 0 Å². The quantitative estimate of drug-likeness (QED) is 0.493. The summed E-state index contributed by atoms with van der Waals surface area (Å²) in [6, 6.07) is 5.47. The molecule has 0 unspecified atom stereocenters. The third-order valence-corrected chi connectivity index (χ3v) is 1.28. The Morgan fingerprint density at radius 1 is 1.86 bits per heavy atom. The standard InChI is InChI=1S/C5H2NS/c6-4-5-2-1-3-7-5/h1-2H. The summed E-state index contributed by atoms with van der Waals surface area (Å²) in [5.74, 6) is 0. The number of rotatable bonds is 0. The summed E-state index contributed by atoms with van der Waals surface area (Å²) in [6.07, 6.45) is 0. The van der Waals surface area contributed by atoms with E-state index in [2.05, 4.69) is 5.38 Å². The van der Waals surface area contributed by atoms with Crippen molar-refractivity contribution in [2.75, 3.05) is 0 Å². The average molecular weight is 108 g/mol. The molecular formula is C5H2NS. The van der Waals surface area contributed by atoms with Crippen LogP contribution in [-0.2, 0) is 0 Å². The van der Waals surface area contributed by atoms with Crippen molar-refractivity contribution in [2.45, 2.75) is 0 Å². The maximum Gasteiger partial charge on any atom is 0.110 e.